The largest absolute Gasteiger partial charge is 0.347 e. The van der Waals surface area contributed by atoms with Crippen LogP contribution < -0.4 is 0 Å². The minimum atomic E-state index is -0.301. The van der Waals surface area contributed by atoms with Crippen LogP contribution in [0.15, 0.2) is 0 Å². The summed E-state index contributed by atoms with van der Waals surface area (Å²) in [6.07, 6.45) is 1.67. The molecule has 11 heavy (non-hydrogen) atoms. The van der Waals surface area contributed by atoms with Gasteiger partial charge in [0.2, 0.25) is 5.91 Å². The maximum Gasteiger partial charge on any atom is 0.241 e. The van der Waals surface area contributed by atoms with Gasteiger partial charge in [0.15, 0.2) is 0 Å². The van der Waals surface area contributed by atoms with Crippen molar-refractivity contribution in [2.75, 3.05) is 20.6 Å². The maximum absolute atomic E-state index is 11.3. The standard InChI is InChI=1S/C7H14N2O2/c1-8(2)7(10)6-4-3-5-9(6)11/h6,11H,3-5H2,1-2H3/t6-/m0/s1. The van der Waals surface area contributed by atoms with Crippen LogP contribution in [-0.2, 0) is 4.79 Å². The van der Waals surface area contributed by atoms with Crippen LogP contribution in [0.3, 0.4) is 0 Å². The molecule has 0 aromatic heterocycles. The lowest BCUT2D eigenvalue weighted by Gasteiger charge is -2.20. The molecule has 0 aromatic carbocycles. The summed E-state index contributed by atoms with van der Waals surface area (Å²) in [4.78, 5) is 12.8. The molecule has 1 atom stereocenters. The number of rotatable bonds is 1. The van der Waals surface area contributed by atoms with Gasteiger partial charge in [0.25, 0.3) is 0 Å². The van der Waals surface area contributed by atoms with Gasteiger partial charge in [-0.05, 0) is 12.8 Å². The second-order valence-corrected chi connectivity index (χ2v) is 3.05. The van der Waals surface area contributed by atoms with Gasteiger partial charge in [0.05, 0.1) is 0 Å². The summed E-state index contributed by atoms with van der Waals surface area (Å²) in [5.74, 6) is -0.00926. The lowest BCUT2D eigenvalue weighted by Crippen LogP contribution is -2.40. The average Bonchev–Trinajstić information content (AvgIpc) is 2.33. The maximum atomic E-state index is 11.3. The third-order valence-corrected chi connectivity index (χ3v) is 1.95. The highest BCUT2D eigenvalue weighted by molar-refractivity contribution is 5.81. The fraction of sp³-hybridized carbons (Fsp3) is 0.857. The van der Waals surface area contributed by atoms with E-state index in [1.807, 2.05) is 0 Å². The van der Waals surface area contributed by atoms with Gasteiger partial charge in [-0.1, -0.05) is 0 Å². The minimum absolute atomic E-state index is 0.00926. The second-order valence-electron chi connectivity index (χ2n) is 3.05. The van der Waals surface area contributed by atoms with Gasteiger partial charge in [0, 0.05) is 20.6 Å². The summed E-state index contributed by atoms with van der Waals surface area (Å²) < 4.78 is 0. The third-order valence-electron chi connectivity index (χ3n) is 1.95. The van der Waals surface area contributed by atoms with Gasteiger partial charge in [-0.2, -0.15) is 5.06 Å². The van der Waals surface area contributed by atoms with Crippen molar-refractivity contribution in [3.63, 3.8) is 0 Å². The predicted molar refractivity (Wildman–Crippen MR) is 40.2 cm³/mol. The zero-order valence-electron chi connectivity index (χ0n) is 6.95. The Hall–Kier alpha value is -0.610. The van der Waals surface area contributed by atoms with Crippen molar-refractivity contribution in [2.24, 2.45) is 0 Å². The van der Waals surface area contributed by atoms with Gasteiger partial charge in [-0.3, -0.25) is 4.79 Å². The van der Waals surface area contributed by atoms with E-state index in [0.717, 1.165) is 17.9 Å². The molecular formula is C7H14N2O2. The van der Waals surface area contributed by atoms with Gasteiger partial charge in [0.1, 0.15) is 6.04 Å². The SMILES string of the molecule is CN(C)C(=O)[C@@H]1CCCN1O. The molecule has 64 valence electrons. The van der Waals surface area contributed by atoms with E-state index in [4.69, 9.17) is 0 Å². The fourth-order valence-electron chi connectivity index (χ4n) is 1.30. The zero-order chi connectivity index (χ0) is 8.43. The van der Waals surface area contributed by atoms with Crippen LogP contribution in [0.2, 0.25) is 0 Å². The summed E-state index contributed by atoms with van der Waals surface area (Å²) >= 11 is 0. The number of likely N-dealkylation sites (N-methyl/N-ethyl adjacent to an activating group) is 1. The molecule has 4 heteroatoms. The van der Waals surface area contributed by atoms with E-state index in [0.29, 0.717) is 6.54 Å². The van der Waals surface area contributed by atoms with Crippen molar-refractivity contribution in [1.29, 1.82) is 0 Å². The minimum Gasteiger partial charge on any atom is -0.347 e. The summed E-state index contributed by atoms with van der Waals surface area (Å²) in [7, 11) is 3.41. The highest BCUT2D eigenvalue weighted by Crippen LogP contribution is 2.15. The van der Waals surface area contributed by atoms with Crippen LogP contribution in [0.4, 0.5) is 0 Å². The summed E-state index contributed by atoms with van der Waals surface area (Å²) in [5.41, 5.74) is 0. The van der Waals surface area contributed by atoms with Crippen molar-refractivity contribution in [2.45, 2.75) is 18.9 Å². The number of nitrogens with zero attached hydrogens (tertiary/aromatic N) is 2. The van der Waals surface area contributed by atoms with E-state index in [2.05, 4.69) is 0 Å². The molecule has 1 saturated heterocycles. The van der Waals surface area contributed by atoms with Crippen molar-refractivity contribution in [1.82, 2.24) is 9.96 Å². The molecule has 0 radical (unpaired) electrons. The van der Waals surface area contributed by atoms with Crippen molar-refractivity contribution in [3.8, 4) is 0 Å². The Morgan fingerprint density at radius 2 is 2.27 bits per heavy atom. The zero-order valence-corrected chi connectivity index (χ0v) is 6.95. The van der Waals surface area contributed by atoms with E-state index in [9.17, 15) is 10.0 Å². The van der Waals surface area contributed by atoms with Crippen LogP contribution in [-0.4, -0.2) is 47.8 Å². The third kappa shape index (κ3) is 1.70. The normalized spacial score (nSPS) is 25.5. The highest BCUT2D eigenvalue weighted by atomic mass is 16.5. The molecule has 1 rings (SSSR count). The van der Waals surface area contributed by atoms with Gasteiger partial charge >= 0.3 is 0 Å². The molecule has 0 bridgehead atoms. The first-order chi connectivity index (χ1) is 5.13. The van der Waals surface area contributed by atoms with Crippen LogP contribution in [0.1, 0.15) is 12.8 Å². The molecule has 4 nitrogen and oxygen atoms in total. The van der Waals surface area contributed by atoms with Gasteiger partial charge in [-0.25, -0.2) is 0 Å². The Labute approximate surface area is 66.4 Å². The lowest BCUT2D eigenvalue weighted by molar-refractivity contribution is -0.152. The second kappa shape index (κ2) is 3.19. The molecule has 1 heterocycles. The van der Waals surface area contributed by atoms with E-state index in [-0.39, 0.29) is 11.9 Å². The summed E-state index contributed by atoms with van der Waals surface area (Å²) in [5, 5.41) is 10.3. The number of carbonyl (C=O) groups is 1. The van der Waals surface area contributed by atoms with Gasteiger partial charge < -0.3 is 10.1 Å². The van der Waals surface area contributed by atoms with E-state index >= 15 is 0 Å². The van der Waals surface area contributed by atoms with Crippen molar-refractivity contribution < 1.29 is 10.0 Å². The summed E-state index contributed by atoms with van der Waals surface area (Å²) in [6.45, 7) is 0.615. The molecular weight excluding hydrogens is 144 g/mol. The molecule has 0 saturated carbocycles. The average molecular weight is 158 g/mol. The van der Waals surface area contributed by atoms with Crippen molar-refractivity contribution in [3.05, 3.63) is 0 Å². The van der Waals surface area contributed by atoms with E-state index < -0.39 is 0 Å². The Morgan fingerprint density at radius 1 is 1.64 bits per heavy atom. The molecule has 0 spiro atoms. The highest BCUT2D eigenvalue weighted by Gasteiger charge is 2.30. The number of carbonyl (C=O) groups excluding carboxylic acids is 1. The van der Waals surface area contributed by atoms with Crippen LogP contribution in [0, 0.1) is 0 Å². The Balaban J connectivity index is 2.53. The molecule has 1 amide bonds. The van der Waals surface area contributed by atoms with Crippen LogP contribution in [0.25, 0.3) is 0 Å². The first kappa shape index (κ1) is 8.49. The smallest absolute Gasteiger partial charge is 0.241 e. The van der Waals surface area contributed by atoms with Crippen molar-refractivity contribution >= 4 is 5.91 Å². The molecule has 0 unspecified atom stereocenters. The Morgan fingerprint density at radius 3 is 2.64 bits per heavy atom. The van der Waals surface area contributed by atoms with E-state index in [1.54, 1.807) is 14.1 Å². The molecule has 1 aliphatic rings. The molecule has 1 aliphatic heterocycles. The molecule has 1 N–H and O–H groups in total. The number of hydroxylamine groups is 2. The number of hydrogen-bond acceptors (Lipinski definition) is 3. The van der Waals surface area contributed by atoms with Crippen LogP contribution >= 0.6 is 0 Å². The van der Waals surface area contributed by atoms with Crippen LogP contribution in [0.5, 0.6) is 0 Å². The fourth-order valence-corrected chi connectivity index (χ4v) is 1.30. The molecule has 0 aliphatic carbocycles. The quantitative estimate of drug-likeness (QED) is 0.581. The Kier molecular flexibility index (Phi) is 2.46. The van der Waals surface area contributed by atoms with Gasteiger partial charge in [-0.15, -0.1) is 0 Å². The number of amides is 1. The number of hydrogen-bond donors (Lipinski definition) is 1. The molecule has 0 aromatic rings. The predicted octanol–water partition coefficient (Wildman–Crippen LogP) is -0.0718. The monoisotopic (exact) mass is 158 g/mol. The topological polar surface area (TPSA) is 43.8 Å². The lowest BCUT2D eigenvalue weighted by atomic mass is 10.2. The molecule has 1 fully saturated rings. The summed E-state index contributed by atoms with van der Waals surface area (Å²) in [6, 6.07) is -0.301. The first-order valence-corrected chi connectivity index (χ1v) is 3.79. The first-order valence-electron chi connectivity index (χ1n) is 3.79. The Bertz CT molecular complexity index is 159. The van der Waals surface area contributed by atoms with E-state index in [1.165, 1.54) is 4.90 Å².